The molecular weight excluding hydrogens is 381 g/mol. The summed E-state index contributed by atoms with van der Waals surface area (Å²) in [5, 5.41) is 3.97. The van der Waals surface area contributed by atoms with Crippen molar-refractivity contribution in [3.63, 3.8) is 0 Å². The van der Waals surface area contributed by atoms with E-state index in [2.05, 4.69) is 12.2 Å². The van der Waals surface area contributed by atoms with Crippen LogP contribution in [-0.2, 0) is 20.1 Å². The van der Waals surface area contributed by atoms with Gasteiger partial charge in [-0.15, -0.1) is 11.8 Å². The highest BCUT2D eigenvalue weighted by atomic mass is 35.5. The van der Waals surface area contributed by atoms with Gasteiger partial charge in [0.2, 0.25) is 0 Å². The fourth-order valence-electron chi connectivity index (χ4n) is 2.85. The van der Waals surface area contributed by atoms with Crippen LogP contribution in [0.4, 0.5) is 0 Å². The second kappa shape index (κ2) is 10.3. The fourth-order valence-corrected chi connectivity index (χ4v) is 3.94. The van der Waals surface area contributed by atoms with Crippen LogP contribution in [-0.4, -0.2) is 30.3 Å². The van der Waals surface area contributed by atoms with Gasteiger partial charge in [-0.3, -0.25) is 9.59 Å². The molecule has 1 saturated carbocycles. The van der Waals surface area contributed by atoms with E-state index in [9.17, 15) is 9.59 Å². The molecule has 0 aromatic heterocycles. The van der Waals surface area contributed by atoms with Crippen molar-refractivity contribution in [2.75, 3.05) is 12.4 Å². The molecule has 1 aliphatic rings. The Hall–Kier alpha value is -0.910. The number of esters is 1. The quantitative estimate of drug-likeness (QED) is 0.682. The third kappa shape index (κ3) is 7.08. The third-order valence-electron chi connectivity index (χ3n) is 4.29. The molecule has 7 heteroatoms. The van der Waals surface area contributed by atoms with Crippen LogP contribution in [0.25, 0.3) is 0 Å². The van der Waals surface area contributed by atoms with Crippen molar-refractivity contribution in [3.05, 3.63) is 33.8 Å². The molecule has 2 rings (SSSR count). The molecule has 0 spiro atoms. The van der Waals surface area contributed by atoms with Crippen molar-refractivity contribution < 1.29 is 14.3 Å². The first-order valence-electron chi connectivity index (χ1n) is 8.42. The second-order valence-electron chi connectivity index (χ2n) is 6.34. The number of amides is 1. The number of hydrogen-bond acceptors (Lipinski definition) is 4. The average Bonchev–Trinajstić information content (AvgIpc) is 2.58. The van der Waals surface area contributed by atoms with Crippen molar-refractivity contribution in [3.8, 4) is 0 Å². The van der Waals surface area contributed by atoms with E-state index in [1.165, 1.54) is 18.2 Å². The number of benzene rings is 1. The van der Waals surface area contributed by atoms with E-state index in [0.717, 1.165) is 24.8 Å². The van der Waals surface area contributed by atoms with Crippen LogP contribution in [0.15, 0.2) is 18.2 Å². The summed E-state index contributed by atoms with van der Waals surface area (Å²) < 4.78 is 5.04. The van der Waals surface area contributed by atoms with Gasteiger partial charge in [0.15, 0.2) is 6.61 Å². The van der Waals surface area contributed by atoms with Crippen LogP contribution < -0.4 is 5.32 Å². The van der Waals surface area contributed by atoms with E-state index >= 15 is 0 Å². The summed E-state index contributed by atoms with van der Waals surface area (Å²) in [6.45, 7) is 1.94. The molecule has 25 heavy (non-hydrogen) atoms. The Bertz CT molecular complexity index is 612. The molecule has 0 aliphatic heterocycles. The van der Waals surface area contributed by atoms with E-state index in [1.54, 1.807) is 12.1 Å². The number of rotatable bonds is 7. The molecule has 0 heterocycles. The maximum atomic E-state index is 11.9. The van der Waals surface area contributed by atoms with Gasteiger partial charge in [0, 0.05) is 11.8 Å². The van der Waals surface area contributed by atoms with Gasteiger partial charge in [0.25, 0.3) is 5.91 Å². The lowest BCUT2D eigenvalue weighted by atomic mass is 9.86. The first kappa shape index (κ1) is 20.4. The molecular formula is C18H23Cl2NO3S. The molecule has 138 valence electrons. The molecule has 2 atom stereocenters. The molecule has 1 aliphatic carbocycles. The van der Waals surface area contributed by atoms with Gasteiger partial charge in [-0.05, 0) is 36.5 Å². The Morgan fingerprint density at radius 1 is 1.24 bits per heavy atom. The number of thioether (sulfide) groups is 1. The Balaban J connectivity index is 1.63. The zero-order chi connectivity index (χ0) is 18.2. The fraction of sp³-hybridized carbons (Fsp3) is 0.556. The van der Waals surface area contributed by atoms with Crippen LogP contribution >= 0.6 is 35.0 Å². The normalized spacial score (nSPS) is 20.1. The Morgan fingerprint density at radius 2 is 2.00 bits per heavy atom. The predicted molar refractivity (Wildman–Crippen MR) is 103 cm³/mol. The smallest absolute Gasteiger partial charge is 0.316 e. The summed E-state index contributed by atoms with van der Waals surface area (Å²) in [7, 11) is 0. The maximum absolute atomic E-state index is 11.9. The SMILES string of the molecule is C[C@@H]1CCCC[C@@H]1NC(=O)COC(=O)CSCc1ccc(Cl)c(Cl)c1. The van der Waals surface area contributed by atoms with E-state index in [1.807, 2.05) is 6.07 Å². The lowest BCUT2D eigenvalue weighted by Gasteiger charge is -2.29. The summed E-state index contributed by atoms with van der Waals surface area (Å²) >= 11 is 13.2. The number of hydrogen-bond donors (Lipinski definition) is 1. The van der Waals surface area contributed by atoms with Gasteiger partial charge in [-0.1, -0.05) is 49.0 Å². The Kier molecular flexibility index (Phi) is 8.40. The molecule has 4 nitrogen and oxygen atoms in total. The molecule has 1 aromatic rings. The highest BCUT2D eigenvalue weighted by Crippen LogP contribution is 2.25. The third-order valence-corrected chi connectivity index (χ3v) is 6.01. The zero-order valence-electron chi connectivity index (χ0n) is 14.2. The minimum absolute atomic E-state index is 0.188. The first-order valence-corrected chi connectivity index (χ1v) is 10.3. The number of carbonyl (C=O) groups excluding carboxylic acids is 2. The van der Waals surface area contributed by atoms with Crippen molar-refractivity contribution in [1.29, 1.82) is 0 Å². The van der Waals surface area contributed by atoms with E-state index in [-0.39, 0.29) is 24.3 Å². The highest BCUT2D eigenvalue weighted by Gasteiger charge is 2.23. The minimum Gasteiger partial charge on any atom is -0.455 e. The maximum Gasteiger partial charge on any atom is 0.316 e. The summed E-state index contributed by atoms with van der Waals surface area (Å²) in [4.78, 5) is 23.6. The van der Waals surface area contributed by atoms with Crippen LogP contribution in [0.1, 0.15) is 38.2 Å². The van der Waals surface area contributed by atoms with Crippen molar-refractivity contribution in [1.82, 2.24) is 5.32 Å². The van der Waals surface area contributed by atoms with Crippen molar-refractivity contribution in [2.24, 2.45) is 5.92 Å². The standard InChI is InChI=1S/C18H23Cl2NO3S/c1-12-4-2-3-5-16(12)21-17(22)9-24-18(23)11-25-10-13-6-7-14(19)15(20)8-13/h6-8,12,16H,2-5,9-11H2,1H3,(H,21,22)/t12-,16+/m1/s1. The van der Waals surface area contributed by atoms with E-state index < -0.39 is 5.97 Å². The molecule has 0 saturated heterocycles. The topological polar surface area (TPSA) is 55.4 Å². The van der Waals surface area contributed by atoms with Gasteiger partial charge in [-0.2, -0.15) is 0 Å². The van der Waals surface area contributed by atoms with Crippen molar-refractivity contribution >= 4 is 46.8 Å². The molecule has 1 fully saturated rings. The van der Waals surface area contributed by atoms with E-state index in [0.29, 0.717) is 21.7 Å². The zero-order valence-corrected chi connectivity index (χ0v) is 16.6. The van der Waals surface area contributed by atoms with Crippen LogP contribution in [0.5, 0.6) is 0 Å². The van der Waals surface area contributed by atoms with Crippen LogP contribution in [0, 0.1) is 5.92 Å². The van der Waals surface area contributed by atoms with Crippen LogP contribution in [0.3, 0.4) is 0 Å². The van der Waals surface area contributed by atoms with Gasteiger partial charge in [-0.25, -0.2) is 0 Å². The number of carbonyl (C=O) groups is 2. The summed E-state index contributed by atoms with van der Waals surface area (Å²) in [5.74, 6) is 0.680. The summed E-state index contributed by atoms with van der Waals surface area (Å²) in [5.41, 5.74) is 0.983. The summed E-state index contributed by atoms with van der Waals surface area (Å²) in [6.07, 6.45) is 4.50. The van der Waals surface area contributed by atoms with Gasteiger partial charge in [0.1, 0.15) is 0 Å². The van der Waals surface area contributed by atoms with Gasteiger partial charge in [0.05, 0.1) is 15.8 Å². The van der Waals surface area contributed by atoms with Crippen molar-refractivity contribution in [2.45, 2.75) is 44.4 Å². The molecule has 0 radical (unpaired) electrons. The number of halogens is 2. The second-order valence-corrected chi connectivity index (χ2v) is 8.14. The summed E-state index contributed by atoms with van der Waals surface area (Å²) in [6, 6.07) is 5.57. The van der Waals surface area contributed by atoms with Crippen LogP contribution in [0.2, 0.25) is 10.0 Å². The molecule has 0 bridgehead atoms. The minimum atomic E-state index is -0.392. The monoisotopic (exact) mass is 403 g/mol. The number of nitrogens with one attached hydrogen (secondary N) is 1. The lowest BCUT2D eigenvalue weighted by Crippen LogP contribution is -2.43. The highest BCUT2D eigenvalue weighted by molar-refractivity contribution is 7.99. The Morgan fingerprint density at radius 3 is 2.72 bits per heavy atom. The molecule has 0 unspecified atom stereocenters. The lowest BCUT2D eigenvalue weighted by molar-refractivity contribution is -0.146. The van der Waals surface area contributed by atoms with Gasteiger partial charge < -0.3 is 10.1 Å². The Labute approximate surface area is 163 Å². The predicted octanol–water partition coefficient (Wildman–Crippen LogP) is 4.46. The number of ether oxygens (including phenoxy) is 1. The molecule has 1 amide bonds. The van der Waals surface area contributed by atoms with E-state index in [4.69, 9.17) is 27.9 Å². The average molecular weight is 404 g/mol. The van der Waals surface area contributed by atoms with Gasteiger partial charge >= 0.3 is 5.97 Å². The first-order chi connectivity index (χ1) is 12.0. The largest absolute Gasteiger partial charge is 0.455 e. The molecule has 1 N–H and O–H groups in total. The molecule has 1 aromatic carbocycles.